The fraction of sp³-hybridized carbons (Fsp3) is 0.176. The topological polar surface area (TPSA) is 49.4 Å². The molecule has 0 aliphatic carbocycles. The summed E-state index contributed by atoms with van der Waals surface area (Å²) in [6.45, 7) is 2.66. The molecule has 38 heavy (non-hydrogen) atoms. The molecule has 1 aliphatic rings. The number of nitrogens with zero attached hydrogens (tertiary/aromatic N) is 4. The molecule has 4 aromatic rings. The highest BCUT2D eigenvalue weighted by molar-refractivity contribution is 6.54. The van der Waals surface area contributed by atoms with Crippen LogP contribution < -0.4 is 0 Å². The smallest absolute Gasteiger partial charge is 0.0904 e. The Balaban J connectivity index is 1.53. The van der Waals surface area contributed by atoms with Crippen LogP contribution in [0.5, 0.6) is 0 Å². The summed E-state index contributed by atoms with van der Waals surface area (Å²) < 4.78 is 0. The number of hydrogen-bond acceptors (Lipinski definition) is 4. The van der Waals surface area contributed by atoms with Gasteiger partial charge in [0.05, 0.1) is 22.8 Å². The summed E-state index contributed by atoms with van der Waals surface area (Å²) in [6, 6.07) is 41.5. The molecule has 0 aromatic heterocycles. The van der Waals surface area contributed by atoms with E-state index in [1.54, 1.807) is 0 Å². The molecule has 0 N–H and O–H groups in total. The van der Waals surface area contributed by atoms with Gasteiger partial charge < -0.3 is 0 Å². The van der Waals surface area contributed by atoms with Crippen molar-refractivity contribution in [2.75, 3.05) is 26.2 Å². The lowest BCUT2D eigenvalue weighted by atomic mass is 9.99. The third-order valence-electron chi connectivity index (χ3n) is 6.35. The summed E-state index contributed by atoms with van der Waals surface area (Å²) >= 11 is 0. The third kappa shape index (κ3) is 6.46. The van der Waals surface area contributed by atoms with Crippen LogP contribution in [-0.4, -0.2) is 49.0 Å². The van der Waals surface area contributed by atoms with E-state index >= 15 is 0 Å². The van der Waals surface area contributed by atoms with E-state index in [9.17, 15) is 0 Å². The van der Waals surface area contributed by atoms with Gasteiger partial charge in [-0.05, 0) is 12.8 Å². The van der Waals surface area contributed by atoms with Gasteiger partial charge >= 0.3 is 0 Å². The van der Waals surface area contributed by atoms with E-state index in [4.69, 9.17) is 20.0 Å². The van der Waals surface area contributed by atoms with Gasteiger partial charge in [0.15, 0.2) is 0 Å². The Kier molecular flexibility index (Phi) is 8.76. The Morgan fingerprint density at radius 1 is 0.289 bits per heavy atom. The Bertz CT molecular complexity index is 1200. The van der Waals surface area contributed by atoms with Crippen LogP contribution in [0.25, 0.3) is 0 Å². The van der Waals surface area contributed by atoms with Crippen molar-refractivity contribution < 1.29 is 0 Å². The summed E-state index contributed by atoms with van der Waals surface area (Å²) in [6.07, 6.45) is 1.66. The molecule has 0 bridgehead atoms. The Hall–Kier alpha value is -4.44. The number of aliphatic imine (C=N–C) groups is 4. The Morgan fingerprint density at radius 2 is 0.500 bits per heavy atom. The highest BCUT2D eigenvalue weighted by Crippen LogP contribution is 2.14. The summed E-state index contributed by atoms with van der Waals surface area (Å²) in [5, 5.41) is 0. The molecule has 4 nitrogen and oxygen atoms in total. The monoisotopic (exact) mass is 496 g/mol. The van der Waals surface area contributed by atoms with Crippen LogP contribution in [0, 0.1) is 0 Å². The molecular weight excluding hydrogens is 464 g/mol. The lowest BCUT2D eigenvalue weighted by molar-refractivity contribution is 0.839. The summed E-state index contributed by atoms with van der Waals surface area (Å²) in [5.41, 5.74) is 8.09. The van der Waals surface area contributed by atoms with Crippen LogP contribution in [-0.2, 0) is 0 Å². The van der Waals surface area contributed by atoms with E-state index in [0.29, 0.717) is 26.2 Å². The molecule has 0 fully saturated rings. The molecule has 0 saturated carbocycles. The molecule has 188 valence electrons. The highest BCUT2D eigenvalue weighted by Gasteiger charge is 2.16. The predicted octanol–water partition coefficient (Wildman–Crippen LogP) is 6.74. The van der Waals surface area contributed by atoms with Crippen molar-refractivity contribution in [1.29, 1.82) is 0 Å². The fourth-order valence-corrected chi connectivity index (χ4v) is 4.50. The van der Waals surface area contributed by atoms with E-state index in [0.717, 1.165) is 57.9 Å². The van der Waals surface area contributed by atoms with Gasteiger partial charge in [-0.1, -0.05) is 121 Å². The van der Waals surface area contributed by atoms with Crippen molar-refractivity contribution in [3.05, 3.63) is 144 Å². The van der Waals surface area contributed by atoms with Crippen molar-refractivity contribution in [3.8, 4) is 0 Å². The van der Waals surface area contributed by atoms with Crippen LogP contribution in [0.4, 0.5) is 0 Å². The maximum Gasteiger partial charge on any atom is 0.0904 e. The molecule has 0 radical (unpaired) electrons. The summed E-state index contributed by atoms with van der Waals surface area (Å²) in [7, 11) is 0. The molecular formula is C34H32N4. The highest BCUT2D eigenvalue weighted by atomic mass is 14.9. The fourth-order valence-electron chi connectivity index (χ4n) is 4.50. The minimum Gasteiger partial charge on any atom is -0.282 e. The van der Waals surface area contributed by atoms with Gasteiger partial charge in [-0.15, -0.1) is 0 Å². The quantitative estimate of drug-likeness (QED) is 0.301. The maximum atomic E-state index is 5.10. The first-order chi connectivity index (χ1) is 18.9. The van der Waals surface area contributed by atoms with Gasteiger partial charge in [0.2, 0.25) is 0 Å². The van der Waals surface area contributed by atoms with Gasteiger partial charge in [-0.2, -0.15) is 0 Å². The predicted molar refractivity (Wildman–Crippen MR) is 161 cm³/mol. The second kappa shape index (κ2) is 13.2. The van der Waals surface area contributed by atoms with Crippen molar-refractivity contribution >= 4 is 22.8 Å². The molecule has 4 heteroatoms. The molecule has 0 unspecified atom stereocenters. The van der Waals surface area contributed by atoms with Crippen molar-refractivity contribution in [1.82, 2.24) is 0 Å². The SMILES string of the molecule is c1ccc(C2=NCCCN=C(c3ccccc3)C(c3ccccc3)=NCCCN=C2c2ccccc2)cc1. The standard InChI is InChI=1S/C34H32N4/c1-5-15-27(16-6-1)31-32(28-17-7-2-8-18-28)36-24-14-26-38-34(30-21-11-4-12-22-30)33(37-25-13-23-35-31)29-19-9-3-10-20-29/h1-12,15-22H,13-14,23-26H2. The van der Waals surface area contributed by atoms with Gasteiger partial charge in [0.1, 0.15) is 0 Å². The van der Waals surface area contributed by atoms with Gasteiger partial charge in [-0.3, -0.25) is 20.0 Å². The lowest BCUT2D eigenvalue weighted by Gasteiger charge is -2.14. The van der Waals surface area contributed by atoms with E-state index in [1.807, 2.05) is 24.3 Å². The average Bonchev–Trinajstić information content (AvgIpc) is 2.99. The molecule has 0 amide bonds. The van der Waals surface area contributed by atoms with Crippen molar-refractivity contribution in [2.45, 2.75) is 12.8 Å². The Labute approximate surface area is 225 Å². The first kappa shape index (κ1) is 25.2. The zero-order valence-corrected chi connectivity index (χ0v) is 21.6. The maximum absolute atomic E-state index is 5.10. The molecule has 0 saturated heterocycles. The van der Waals surface area contributed by atoms with Gasteiger partial charge in [0.25, 0.3) is 0 Å². The van der Waals surface area contributed by atoms with Crippen LogP contribution >= 0.6 is 0 Å². The molecule has 5 rings (SSSR count). The average molecular weight is 497 g/mol. The molecule has 0 atom stereocenters. The van der Waals surface area contributed by atoms with Gasteiger partial charge in [0, 0.05) is 48.4 Å². The van der Waals surface area contributed by atoms with Crippen molar-refractivity contribution in [3.63, 3.8) is 0 Å². The van der Waals surface area contributed by atoms with Crippen LogP contribution in [0.3, 0.4) is 0 Å². The van der Waals surface area contributed by atoms with Crippen LogP contribution in [0.2, 0.25) is 0 Å². The first-order valence-corrected chi connectivity index (χ1v) is 13.3. The molecule has 1 heterocycles. The zero-order valence-electron chi connectivity index (χ0n) is 21.6. The minimum absolute atomic E-state index is 0.666. The summed E-state index contributed by atoms with van der Waals surface area (Å²) in [4.78, 5) is 20.4. The number of rotatable bonds is 4. The van der Waals surface area contributed by atoms with Crippen LogP contribution in [0.15, 0.2) is 141 Å². The largest absolute Gasteiger partial charge is 0.282 e. The van der Waals surface area contributed by atoms with E-state index in [1.165, 1.54) is 0 Å². The molecule has 4 aromatic carbocycles. The van der Waals surface area contributed by atoms with Crippen molar-refractivity contribution in [2.24, 2.45) is 20.0 Å². The Morgan fingerprint density at radius 3 is 0.711 bits per heavy atom. The van der Waals surface area contributed by atoms with Crippen LogP contribution in [0.1, 0.15) is 35.1 Å². The van der Waals surface area contributed by atoms with E-state index < -0.39 is 0 Å². The second-order valence-corrected chi connectivity index (χ2v) is 9.09. The molecule has 1 aliphatic heterocycles. The van der Waals surface area contributed by atoms with Gasteiger partial charge in [-0.25, -0.2) is 0 Å². The number of hydrogen-bond donors (Lipinski definition) is 0. The minimum atomic E-state index is 0.666. The lowest BCUT2D eigenvalue weighted by Crippen LogP contribution is -2.20. The van der Waals surface area contributed by atoms with E-state index in [-0.39, 0.29) is 0 Å². The zero-order chi connectivity index (χ0) is 25.8. The molecule has 0 spiro atoms. The second-order valence-electron chi connectivity index (χ2n) is 9.09. The summed E-state index contributed by atoms with van der Waals surface area (Å²) in [5.74, 6) is 0. The van der Waals surface area contributed by atoms with E-state index in [2.05, 4.69) is 97.1 Å². The first-order valence-electron chi connectivity index (χ1n) is 13.3. The number of benzene rings is 4. The normalized spacial score (nSPS) is 15.4. The third-order valence-corrected chi connectivity index (χ3v) is 6.35.